The summed E-state index contributed by atoms with van der Waals surface area (Å²) < 4.78 is 0. The van der Waals surface area contributed by atoms with Gasteiger partial charge in [-0.25, -0.2) is 5.43 Å². The average Bonchev–Trinajstić information content (AvgIpc) is 2.98. The summed E-state index contributed by atoms with van der Waals surface area (Å²) >= 11 is 5.89. The van der Waals surface area contributed by atoms with E-state index in [-0.39, 0.29) is 22.2 Å². The third-order valence-electron chi connectivity index (χ3n) is 6.99. The van der Waals surface area contributed by atoms with Crippen molar-refractivity contribution in [3.63, 3.8) is 0 Å². The van der Waals surface area contributed by atoms with Crippen molar-refractivity contribution in [2.45, 2.75) is 6.42 Å². The first-order chi connectivity index (χ1) is 19.0. The number of hydrazone groups is 1. The second kappa shape index (κ2) is 12.1. The fraction of sp³-hybridized carbons (Fsp3) is 0.194. The maximum absolute atomic E-state index is 13.5. The Morgan fingerprint density at radius 3 is 2.36 bits per heavy atom. The van der Waals surface area contributed by atoms with Crippen molar-refractivity contribution in [2.24, 2.45) is 5.10 Å². The summed E-state index contributed by atoms with van der Waals surface area (Å²) in [7, 11) is 0. The molecule has 0 bridgehead atoms. The molecule has 1 aliphatic heterocycles. The van der Waals surface area contributed by atoms with Gasteiger partial charge in [-0.2, -0.15) is 5.10 Å². The summed E-state index contributed by atoms with van der Waals surface area (Å²) in [6.07, 6.45) is 2.56. The zero-order chi connectivity index (χ0) is 27.2. The van der Waals surface area contributed by atoms with Crippen molar-refractivity contribution < 1.29 is 14.7 Å². The van der Waals surface area contributed by atoms with Crippen LogP contribution in [-0.4, -0.2) is 65.7 Å². The zero-order valence-electron chi connectivity index (χ0n) is 21.4. The van der Waals surface area contributed by atoms with Crippen LogP contribution in [0.25, 0.3) is 10.8 Å². The van der Waals surface area contributed by atoms with Crippen molar-refractivity contribution >= 4 is 40.4 Å². The maximum Gasteiger partial charge on any atom is 0.271 e. The van der Waals surface area contributed by atoms with Gasteiger partial charge in [0.25, 0.3) is 11.8 Å². The Hall–Kier alpha value is -4.20. The van der Waals surface area contributed by atoms with E-state index >= 15 is 0 Å². The van der Waals surface area contributed by atoms with Crippen molar-refractivity contribution in [3.8, 4) is 5.75 Å². The van der Waals surface area contributed by atoms with Crippen LogP contribution in [0.1, 0.15) is 31.8 Å². The monoisotopic (exact) mass is 540 g/mol. The standard InChI is InChI=1S/C31H29ClN4O3/c32-28-20-23(11-13-29(28)37)30(38)34-33-21-24-10-12-27(26-9-5-4-8-25(24)26)31(39)36-18-16-35(17-19-36)15-14-22-6-2-1-3-7-22/h1-13,20-21,37H,14-19H2,(H,34,38)/b33-21+. The molecule has 2 amide bonds. The first-order valence-corrected chi connectivity index (χ1v) is 13.3. The lowest BCUT2D eigenvalue weighted by Gasteiger charge is -2.35. The van der Waals surface area contributed by atoms with Gasteiger partial charge >= 0.3 is 0 Å². The predicted octanol–water partition coefficient (Wildman–Crippen LogP) is 4.96. The van der Waals surface area contributed by atoms with E-state index in [1.807, 2.05) is 47.4 Å². The number of carbonyl (C=O) groups excluding carboxylic acids is 2. The van der Waals surface area contributed by atoms with E-state index in [1.165, 1.54) is 23.8 Å². The molecule has 4 aromatic rings. The second-order valence-corrected chi connectivity index (χ2v) is 9.89. The van der Waals surface area contributed by atoms with Crippen LogP contribution in [0, 0.1) is 0 Å². The van der Waals surface area contributed by atoms with Gasteiger partial charge in [0, 0.05) is 49.4 Å². The third kappa shape index (κ3) is 6.28. The number of rotatable bonds is 7. The van der Waals surface area contributed by atoms with Crippen LogP contribution in [0.4, 0.5) is 0 Å². The molecule has 8 heteroatoms. The first kappa shape index (κ1) is 26.4. The van der Waals surface area contributed by atoms with Crippen LogP contribution in [0.15, 0.2) is 90.0 Å². The summed E-state index contributed by atoms with van der Waals surface area (Å²) in [4.78, 5) is 30.2. The Morgan fingerprint density at radius 1 is 0.897 bits per heavy atom. The number of hydrogen-bond donors (Lipinski definition) is 2. The molecule has 0 saturated carbocycles. The Balaban J connectivity index is 1.24. The number of aromatic hydroxyl groups is 1. The summed E-state index contributed by atoms with van der Waals surface area (Å²) in [5.74, 6) is -0.523. The lowest BCUT2D eigenvalue weighted by Crippen LogP contribution is -2.49. The van der Waals surface area contributed by atoms with Gasteiger partial charge in [-0.15, -0.1) is 0 Å². The number of carbonyl (C=O) groups is 2. The zero-order valence-corrected chi connectivity index (χ0v) is 22.1. The summed E-state index contributed by atoms with van der Waals surface area (Å²) in [5.41, 5.74) is 5.52. The minimum Gasteiger partial charge on any atom is -0.506 e. The van der Waals surface area contributed by atoms with Crippen LogP contribution in [0.5, 0.6) is 5.75 Å². The van der Waals surface area contributed by atoms with Gasteiger partial charge in [-0.1, -0.05) is 72.3 Å². The van der Waals surface area contributed by atoms with E-state index in [0.717, 1.165) is 42.4 Å². The van der Waals surface area contributed by atoms with E-state index in [9.17, 15) is 14.7 Å². The Labute approximate surface area is 232 Å². The largest absolute Gasteiger partial charge is 0.506 e. The highest BCUT2D eigenvalue weighted by Gasteiger charge is 2.23. The lowest BCUT2D eigenvalue weighted by molar-refractivity contribution is 0.0640. The quantitative estimate of drug-likeness (QED) is 0.256. The van der Waals surface area contributed by atoms with Gasteiger partial charge in [0.15, 0.2) is 0 Å². The summed E-state index contributed by atoms with van der Waals surface area (Å²) in [6.45, 7) is 4.08. The SMILES string of the molecule is O=C(N/N=C/c1ccc(C(=O)N2CCN(CCc3ccccc3)CC2)c2ccccc12)c1ccc(O)c(Cl)c1. The van der Waals surface area contributed by atoms with Crippen molar-refractivity contribution in [1.29, 1.82) is 0 Å². The molecule has 0 spiro atoms. The van der Waals surface area contributed by atoms with Gasteiger partial charge in [0.05, 0.1) is 11.2 Å². The average molecular weight is 541 g/mol. The Morgan fingerprint density at radius 2 is 1.62 bits per heavy atom. The summed E-state index contributed by atoms with van der Waals surface area (Å²) in [6, 6.07) is 26.0. The molecule has 0 aliphatic carbocycles. The molecule has 1 fully saturated rings. The minimum absolute atomic E-state index is 0.0231. The minimum atomic E-state index is -0.452. The van der Waals surface area contributed by atoms with E-state index in [0.29, 0.717) is 18.7 Å². The fourth-order valence-electron chi connectivity index (χ4n) is 4.77. The molecule has 1 heterocycles. The number of nitrogens with zero attached hydrogens (tertiary/aromatic N) is 3. The molecule has 0 atom stereocenters. The number of halogens is 1. The molecular formula is C31H29ClN4O3. The number of nitrogens with one attached hydrogen (secondary N) is 1. The highest BCUT2D eigenvalue weighted by atomic mass is 35.5. The highest BCUT2D eigenvalue weighted by Crippen LogP contribution is 2.25. The number of hydrogen-bond acceptors (Lipinski definition) is 5. The van der Waals surface area contributed by atoms with Crippen molar-refractivity contribution in [2.75, 3.05) is 32.7 Å². The highest BCUT2D eigenvalue weighted by molar-refractivity contribution is 6.32. The molecule has 1 aliphatic rings. The Kier molecular flexibility index (Phi) is 8.20. The molecular weight excluding hydrogens is 512 g/mol. The van der Waals surface area contributed by atoms with Crippen LogP contribution >= 0.6 is 11.6 Å². The number of fused-ring (bicyclic) bond motifs is 1. The van der Waals surface area contributed by atoms with Crippen molar-refractivity contribution in [1.82, 2.24) is 15.2 Å². The predicted molar refractivity (Wildman–Crippen MR) is 155 cm³/mol. The normalized spacial score (nSPS) is 14.1. The van der Waals surface area contributed by atoms with Crippen molar-refractivity contribution in [3.05, 3.63) is 112 Å². The van der Waals surface area contributed by atoms with E-state index in [4.69, 9.17) is 11.6 Å². The Bertz CT molecular complexity index is 1520. The van der Waals surface area contributed by atoms with Gasteiger partial charge < -0.3 is 10.0 Å². The molecule has 4 aromatic carbocycles. The number of piperazine rings is 1. The molecule has 0 unspecified atom stereocenters. The van der Waals surface area contributed by atoms with Crippen LogP contribution < -0.4 is 5.43 Å². The van der Waals surface area contributed by atoms with Crippen LogP contribution in [0.3, 0.4) is 0 Å². The van der Waals surface area contributed by atoms with E-state index in [1.54, 1.807) is 6.21 Å². The summed E-state index contributed by atoms with van der Waals surface area (Å²) in [5, 5.41) is 15.4. The second-order valence-electron chi connectivity index (χ2n) is 9.48. The number of amides is 2. The molecule has 39 heavy (non-hydrogen) atoms. The van der Waals surface area contributed by atoms with Crippen LogP contribution in [-0.2, 0) is 6.42 Å². The molecule has 0 aromatic heterocycles. The molecule has 7 nitrogen and oxygen atoms in total. The van der Waals surface area contributed by atoms with Gasteiger partial charge in [0.1, 0.15) is 5.75 Å². The van der Waals surface area contributed by atoms with Gasteiger partial charge in [-0.3, -0.25) is 14.5 Å². The molecule has 5 rings (SSSR count). The topological polar surface area (TPSA) is 85.2 Å². The molecule has 1 saturated heterocycles. The third-order valence-corrected chi connectivity index (χ3v) is 7.29. The molecule has 2 N–H and O–H groups in total. The van der Waals surface area contributed by atoms with Crippen LogP contribution in [0.2, 0.25) is 5.02 Å². The molecule has 0 radical (unpaired) electrons. The van der Waals surface area contributed by atoms with Gasteiger partial charge in [0.2, 0.25) is 0 Å². The number of phenols is 1. The number of phenolic OH excluding ortho intramolecular Hbond substituents is 1. The smallest absolute Gasteiger partial charge is 0.271 e. The molecule has 198 valence electrons. The van der Waals surface area contributed by atoms with E-state index in [2.05, 4.69) is 39.7 Å². The van der Waals surface area contributed by atoms with E-state index < -0.39 is 5.91 Å². The first-order valence-electron chi connectivity index (χ1n) is 12.9. The van der Waals surface area contributed by atoms with Gasteiger partial charge in [-0.05, 0) is 47.0 Å². The maximum atomic E-state index is 13.5. The lowest BCUT2D eigenvalue weighted by atomic mass is 9.99. The fourth-order valence-corrected chi connectivity index (χ4v) is 4.95. The number of benzene rings is 4.